The van der Waals surface area contributed by atoms with Crippen LogP contribution in [0.15, 0.2) is 18.2 Å². The van der Waals surface area contributed by atoms with Crippen LogP contribution >= 0.6 is 11.6 Å². The molecular weight excluding hydrogens is 256 g/mol. The van der Waals surface area contributed by atoms with Gasteiger partial charge in [-0.2, -0.15) is 0 Å². The number of nitrogens with two attached hydrogens (primary N) is 1. The molecule has 0 heterocycles. The molecule has 4 N–H and O–H groups in total. The van der Waals surface area contributed by atoms with Gasteiger partial charge in [0.15, 0.2) is 0 Å². The first-order valence-corrected chi connectivity index (χ1v) is 5.68. The number of rotatable bonds is 4. The molecule has 5 nitrogen and oxygen atoms in total. The molecule has 0 radical (unpaired) electrons. The number of carbonyl (C=O) groups excluding carboxylic acids is 2. The average molecular weight is 271 g/mol. The predicted molar refractivity (Wildman–Crippen MR) is 68.4 cm³/mol. The summed E-state index contributed by atoms with van der Waals surface area (Å²) in [5.74, 6) is -1.21. The molecule has 0 unspecified atom stereocenters. The normalized spacial score (nSPS) is 11.1. The fraction of sp³-hybridized carbons (Fsp3) is 0.333. The molecule has 18 heavy (non-hydrogen) atoms. The molecule has 0 aliphatic heterocycles. The summed E-state index contributed by atoms with van der Waals surface area (Å²) in [7, 11) is 0. The van der Waals surface area contributed by atoms with Crippen molar-refractivity contribution in [3.63, 3.8) is 0 Å². The molecule has 0 aliphatic carbocycles. The quantitative estimate of drug-likeness (QED) is 0.770. The van der Waals surface area contributed by atoms with Crippen LogP contribution in [-0.4, -0.2) is 23.5 Å². The lowest BCUT2D eigenvalue weighted by Gasteiger charge is -2.20. The fourth-order valence-electron chi connectivity index (χ4n) is 1.18. The standard InChI is InChI=1S/C12H15ClN2O3/c1-12(2,11(14)18)6-15-10(17)8-4-3-7(13)5-9(8)16/h3-5,16H,6H2,1-2H3,(H2,14,18)(H,15,17). The third-order valence-corrected chi connectivity index (χ3v) is 2.80. The molecule has 0 aliphatic rings. The summed E-state index contributed by atoms with van der Waals surface area (Å²) in [5.41, 5.74) is 4.44. The molecule has 0 bridgehead atoms. The minimum Gasteiger partial charge on any atom is -0.507 e. The summed E-state index contributed by atoms with van der Waals surface area (Å²) < 4.78 is 0. The number of amides is 2. The number of phenolic OH excluding ortho intramolecular Hbond substituents is 1. The summed E-state index contributed by atoms with van der Waals surface area (Å²) in [6.45, 7) is 3.33. The van der Waals surface area contributed by atoms with E-state index in [4.69, 9.17) is 17.3 Å². The SMILES string of the molecule is CC(C)(CNC(=O)c1ccc(Cl)cc1O)C(N)=O. The Balaban J connectivity index is 2.75. The minimum absolute atomic E-state index is 0.0865. The van der Waals surface area contributed by atoms with E-state index in [-0.39, 0.29) is 17.9 Å². The van der Waals surface area contributed by atoms with Crippen LogP contribution in [0.4, 0.5) is 0 Å². The molecule has 0 fully saturated rings. The van der Waals surface area contributed by atoms with Crippen molar-refractivity contribution < 1.29 is 14.7 Å². The van der Waals surface area contributed by atoms with Crippen LogP contribution in [0.1, 0.15) is 24.2 Å². The van der Waals surface area contributed by atoms with Gasteiger partial charge < -0.3 is 16.2 Å². The van der Waals surface area contributed by atoms with Gasteiger partial charge in [0.1, 0.15) is 5.75 Å². The number of phenols is 1. The number of nitrogens with one attached hydrogen (secondary N) is 1. The van der Waals surface area contributed by atoms with Crippen molar-refractivity contribution in [3.8, 4) is 5.75 Å². The third kappa shape index (κ3) is 3.37. The molecule has 2 amide bonds. The summed E-state index contributed by atoms with van der Waals surface area (Å²) in [6, 6.07) is 4.18. The first kappa shape index (κ1) is 14.3. The first-order chi connectivity index (χ1) is 8.24. The van der Waals surface area contributed by atoms with Crippen molar-refractivity contribution in [1.82, 2.24) is 5.32 Å². The lowest BCUT2D eigenvalue weighted by atomic mass is 9.92. The van der Waals surface area contributed by atoms with Crippen LogP contribution in [0.25, 0.3) is 0 Å². The summed E-state index contributed by atoms with van der Waals surface area (Å²) in [4.78, 5) is 22.9. The van der Waals surface area contributed by atoms with E-state index in [2.05, 4.69) is 5.32 Å². The van der Waals surface area contributed by atoms with E-state index in [1.807, 2.05) is 0 Å². The van der Waals surface area contributed by atoms with Crippen molar-refractivity contribution in [2.75, 3.05) is 6.54 Å². The Labute approximate surface area is 110 Å². The maximum Gasteiger partial charge on any atom is 0.255 e. The van der Waals surface area contributed by atoms with Crippen LogP contribution in [-0.2, 0) is 4.79 Å². The molecule has 1 aromatic carbocycles. The average Bonchev–Trinajstić information content (AvgIpc) is 2.25. The molecule has 0 saturated heterocycles. The largest absolute Gasteiger partial charge is 0.507 e. The van der Waals surface area contributed by atoms with Gasteiger partial charge in [0.05, 0.1) is 11.0 Å². The molecule has 0 spiro atoms. The zero-order valence-corrected chi connectivity index (χ0v) is 10.9. The van der Waals surface area contributed by atoms with Crippen molar-refractivity contribution in [2.24, 2.45) is 11.1 Å². The topological polar surface area (TPSA) is 92.4 Å². The number of aromatic hydroxyl groups is 1. The maximum absolute atomic E-state index is 11.8. The Morgan fingerprint density at radius 3 is 2.56 bits per heavy atom. The van der Waals surface area contributed by atoms with Gasteiger partial charge >= 0.3 is 0 Å². The van der Waals surface area contributed by atoms with E-state index in [0.717, 1.165) is 0 Å². The number of halogens is 1. The highest BCUT2D eigenvalue weighted by atomic mass is 35.5. The number of hydrogen-bond acceptors (Lipinski definition) is 3. The molecule has 0 atom stereocenters. The van der Waals surface area contributed by atoms with E-state index < -0.39 is 17.2 Å². The Kier molecular flexibility index (Phi) is 4.19. The lowest BCUT2D eigenvalue weighted by Crippen LogP contribution is -2.42. The molecule has 0 saturated carbocycles. The van der Waals surface area contributed by atoms with Gasteiger partial charge in [-0.1, -0.05) is 11.6 Å². The van der Waals surface area contributed by atoms with Gasteiger partial charge in [0.25, 0.3) is 5.91 Å². The third-order valence-electron chi connectivity index (χ3n) is 2.56. The molecular formula is C12H15ClN2O3. The van der Waals surface area contributed by atoms with Crippen molar-refractivity contribution in [2.45, 2.75) is 13.8 Å². The van der Waals surface area contributed by atoms with Gasteiger partial charge in [0, 0.05) is 11.6 Å². The molecule has 1 rings (SSSR count). The monoisotopic (exact) mass is 270 g/mol. The molecule has 98 valence electrons. The lowest BCUT2D eigenvalue weighted by molar-refractivity contribution is -0.125. The number of primary amides is 1. The second kappa shape index (κ2) is 5.27. The molecule has 1 aromatic rings. The van der Waals surface area contributed by atoms with Gasteiger partial charge in [-0.25, -0.2) is 0 Å². The highest BCUT2D eigenvalue weighted by Crippen LogP contribution is 2.22. The first-order valence-electron chi connectivity index (χ1n) is 5.30. The summed E-state index contributed by atoms with van der Waals surface area (Å²) in [6.07, 6.45) is 0. The maximum atomic E-state index is 11.8. The highest BCUT2D eigenvalue weighted by molar-refractivity contribution is 6.30. The zero-order valence-electron chi connectivity index (χ0n) is 10.2. The Morgan fingerprint density at radius 1 is 1.44 bits per heavy atom. The number of hydrogen-bond donors (Lipinski definition) is 3. The Hall–Kier alpha value is -1.75. The Morgan fingerprint density at radius 2 is 2.06 bits per heavy atom. The second-order valence-corrected chi connectivity index (χ2v) is 5.03. The van der Waals surface area contributed by atoms with E-state index in [0.29, 0.717) is 5.02 Å². The smallest absolute Gasteiger partial charge is 0.255 e. The minimum atomic E-state index is -0.849. The van der Waals surface area contributed by atoms with Crippen LogP contribution < -0.4 is 11.1 Å². The predicted octanol–water partition coefficient (Wildman–Crippen LogP) is 1.29. The highest BCUT2D eigenvalue weighted by Gasteiger charge is 2.26. The van der Waals surface area contributed by atoms with Crippen molar-refractivity contribution in [1.29, 1.82) is 0 Å². The van der Waals surface area contributed by atoms with Gasteiger partial charge in [-0.3, -0.25) is 9.59 Å². The van der Waals surface area contributed by atoms with E-state index in [9.17, 15) is 14.7 Å². The van der Waals surface area contributed by atoms with E-state index >= 15 is 0 Å². The summed E-state index contributed by atoms with van der Waals surface area (Å²) in [5, 5.41) is 12.4. The zero-order chi connectivity index (χ0) is 13.9. The number of carbonyl (C=O) groups is 2. The fourth-order valence-corrected chi connectivity index (χ4v) is 1.35. The van der Waals surface area contributed by atoms with Crippen LogP contribution in [0, 0.1) is 5.41 Å². The second-order valence-electron chi connectivity index (χ2n) is 4.59. The van der Waals surface area contributed by atoms with Crippen LogP contribution in [0.5, 0.6) is 5.75 Å². The van der Waals surface area contributed by atoms with Crippen molar-refractivity contribution >= 4 is 23.4 Å². The van der Waals surface area contributed by atoms with Crippen molar-refractivity contribution in [3.05, 3.63) is 28.8 Å². The Bertz CT molecular complexity index is 486. The molecule has 0 aromatic heterocycles. The van der Waals surface area contributed by atoms with Gasteiger partial charge in [-0.15, -0.1) is 0 Å². The van der Waals surface area contributed by atoms with Gasteiger partial charge in [-0.05, 0) is 32.0 Å². The van der Waals surface area contributed by atoms with Gasteiger partial charge in [0.2, 0.25) is 5.91 Å². The molecule has 6 heteroatoms. The van der Waals surface area contributed by atoms with E-state index in [1.54, 1.807) is 13.8 Å². The van der Waals surface area contributed by atoms with E-state index in [1.165, 1.54) is 18.2 Å². The summed E-state index contributed by atoms with van der Waals surface area (Å²) >= 11 is 5.66. The number of benzene rings is 1. The van der Waals surface area contributed by atoms with Crippen LogP contribution in [0.2, 0.25) is 5.02 Å². The van der Waals surface area contributed by atoms with Crippen LogP contribution in [0.3, 0.4) is 0 Å².